The van der Waals surface area contributed by atoms with Crippen molar-refractivity contribution in [2.45, 2.75) is 168 Å². The SMILES string of the molecule is C=CCOc1ccc(C[C@H](NC(=O)OC(C)(C)C)C(=O)NCc2cc(CSc3cc(SCc4cc(CNC(=O)[C@H](Cc5ccc(OCC=C)cc5)NC(=O)OC(C)(C)C)cc(C(=O)O)c4)cc(SCc4cc(CNC(=O)[C@H](Cc5ccc(OCC=C)cc5)NC(=O)OC(C)(C)C)cc(C(=O)O)c4)c3)cc(C(=O)O)c2)cc1. The molecule has 9 N–H and O–H groups in total. The van der Waals surface area contributed by atoms with Gasteiger partial charge < -0.3 is 75.6 Å². The van der Waals surface area contributed by atoms with Crippen LogP contribution in [-0.4, -0.2) is 124 Å². The van der Waals surface area contributed by atoms with Crippen LogP contribution in [0.25, 0.3) is 0 Å². The van der Waals surface area contributed by atoms with E-state index in [0.29, 0.717) is 67.3 Å². The minimum absolute atomic E-state index is 0.0479. The third kappa shape index (κ3) is 31.4. The molecule has 7 aromatic rings. The number of amides is 6. The van der Waals surface area contributed by atoms with Crippen molar-refractivity contribution in [3.05, 3.63) is 250 Å². The van der Waals surface area contributed by atoms with E-state index < -0.39 is 88.8 Å². The molecular formula is C84H96N6O18S3. The molecule has 0 aliphatic carbocycles. The van der Waals surface area contributed by atoms with Crippen molar-refractivity contribution in [2.75, 3.05) is 19.8 Å². The maximum absolute atomic E-state index is 14.1. The highest BCUT2D eigenvalue weighted by Gasteiger charge is 2.29. The van der Waals surface area contributed by atoms with Gasteiger partial charge in [-0.3, -0.25) is 14.4 Å². The third-order valence-corrected chi connectivity index (χ3v) is 18.7. The summed E-state index contributed by atoms with van der Waals surface area (Å²) in [5.41, 5.74) is 2.45. The molecule has 0 saturated heterocycles. The molecule has 0 aliphatic heterocycles. The fraction of sp³-hybridized carbons (Fsp3) is 0.321. The number of carbonyl (C=O) groups is 9. The van der Waals surface area contributed by atoms with E-state index in [9.17, 15) is 58.5 Å². The van der Waals surface area contributed by atoms with Crippen LogP contribution in [0, 0.1) is 0 Å². The number of carboxylic acids is 3. The highest BCUT2D eigenvalue weighted by Crippen LogP contribution is 2.37. The summed E-state index contributed by atoms with van der Waals surface area (Å²) in [7, 11) is 0. The Labute approximate surface area is 659 Å². The van der Waals surface area contributed by atoms with Crippen LogP contribution in [-0.2, 0) is 84.7 Å². The summed E-state index contributed by atoms with van der Waals surface area (Å²) >= 11 is 4.13. The Morgan fingerprint density at radius 1 is 0.351 bits per heavy atom. The van der Waals surface area contributed by atoms with E-state index in [0.717, 1.165) is 14.7 Å². The molecule has 0 saturated carbocycles. The molecule has 3 atom stereocenters. The molecule has 111 heavy (non-hydrogen) atoms. The molecule has 588 valence electrons. The molecule has 24 nitrogen and oxygen atoms in total. The lowest BCUT2D eigenvalue weighted by molar-refractivity contribution is -0.124. The molecule has 0 heterocycles. The summed E-state index contributed by atoms with van der Waals surface area (Å²) in [5.74, 6) is -2.94. The van der Waals surface area contributed by atoms with Crippen molar-refractivity contribution in [1.29, 1.82) is 0 Å². The van der Waals surface area contributed by atoms with Crippen molar-refractivity contribution in [3.63, 3.8) is 0 Å². The van der Waals surface area contributed by atoms with Crippen LogP contribution in [0.5, 0.6) is 17.2 Å². The number of rotatable bonds is 39. The molecule has 0 aromatic heterocycles. The number of alkyl carbamates (subject to hydrolysis) is 3. The minimum Gasteiger partial charge on any atom is -0.490 e. The summed E-state index contributed by atoms with van der Waals surface area (Å²) in [5, 5.41) is 47.9. The van der Waals surface area contributed by atoms with E-state index in [2.05, 4.69) is 51.6 Å². The molecule has 7 rings (SSSR count). The molecule has 0 spiro atoms. The predicted octanol–water partition coefficient (Wildman–Crippen LogP) is 14.6. The number of ether oxygens (including phenoxy) is 6. The highest BCUT2D eigenvalue weighted by atomic mass is 32.2. The Morgan fingerprint density at radius 3 is 0.802 bits per heavy atom. The normalized spacial score (nSPS) is 12.1. The van der Waals surface area contributed by atoms with Gasteiger partial charge in [0.25, 0.3) is 0 Å². The summed E-state index contributed by atoms with van der Waals surface area (Å²) in [6.07, 6.45) is 2.60. The number of hydrogen-bond donors (Lipinski definition) is 9. The van der Waals surface area contributed by atoms with Gasteiger partial charge in [-0.05, 0) is 203 Å². The zero-order valence-corrected chi connectivity index (χ0v) is 66.1. The second-order valence-corrected chi connectivity index (χ2v) is 31.8. The first-order valence-electron chi connectivity index (χ1n) is 35.5. The van der Waals surface area contributed by atoms with E-state index >= 15 is 0 Å². The predicted molar refractivity (Wildman–Crippen MR) is 428 cm³/mol. The van der Waals surface area contributed by atoms with Gasteiger partial charge in [0.05, 0.1) is 16.7 Å². The Balaban J connectivity index is 1.16. The van der Waals surface area contributed by atoms with E-state index in [1.165, 1.54) is 71.7 Å². The molecule has 6 amide bonds. The van der Waals surface area contributed by atoms with Crippen LogP contribution in [0.2, 0.25) is 0 Å². The summed E-state index contributed by atoms with van der Waals surface area (Å²) in [4.78, 5) is 122. The summed E-state index contributed by atoms with van der Waals surface area (Å²) in [6, 6.07) is 37.7. The molecule has 7 aromatic carbocycles. The second-order valence-electron chi connectivity index (χ2n) is 28.6. The van der Waals surface area contributed by atoms with Crippen LogP contribution < -0.4 is 46.1 Å². The van der Waals surface area contributed by atoms with Crippen molar-refractivity contribution in [2.24, 2.45) is 0 Å². The number of aromatic carboxylic acids is 3. The number of carbonyl (C=O) groups excluding carboxylic acids is 6. The number of benzene rings is 7. The molecule has 0 unspecified atom stereocenters. The first kappa shape index (κ1) is 87.1. The van der Waals surface area contributed by atoms with Crippen LogP contribution in [0.4, 0.5) is 14.4 Å². The highest BCUT2D eigenvalue weighted by molar-refractivity contribution is 8.00. The standard InChI is InChI=1S/C84H96N6O18S3/c1-13-28-103-64-22-16-52(17-23-64)40-70(88-79(100)106-82(4,5)6)73(91)85-46-55-31-58(37-61(34-55)76(94)95)49-109-67-43-68(110-50-59-32-56(35-62(38-59)77(96)97)47-86-74(92)71(89-80(101)107-83(7,8)9)41-53-18-24-65(25-19-53)104-29-14-2)45-69(44-67)111-51-60-33-57(36-63(39-60)78(98)99)48-87-75(93)72(90-81(102)108-84(10,11)12)42-54-20-26-66(27-21-54)105-30-15-3/h13-27,31-39,43-45,70-72H,1-3,28-30,40-42,46-51H2,4-12H3,(H,85,91)(H,86,92)(H,87,93)(H,88,100)(H,89,101)(H,90,102)(H,94,95)(H,96,97)(H,98,99)/t70-,71-,72-/m0/s1. The number of carboxylic acid groups (broad SMARTS) is 3. The van der Waals surface area contributed by atoms with Crippen molar-refractivity contribution in [3.8, 4) is 17.2 Å². The molecule has 0 aliphatic rings. The van der Waals surface area contributed by atoms with Crippen LogP contribution in [0.15, 0.2) is 198 Å². The van der Waals surface area contributed by atoms with Gasteiger partial charge in [0.1, 0.15) is 72.0 Å². The Morgan fingerprint density at radius 2 is 0.586 bits per heavy atom. The van der Waals surface area contributed by atoms with E-state index in [1.807, 2.05) is 18.2 Å². The molecule has 0 bridgehead atoms. The average Bonchev–Trinajstić information content (AvgIpc) is 0.843. The van der Waals surface area contributed by atoms with E-state index in [1.54, 1.807) is 172 Å². The van der Waals surface area contributed by atoms with Crippen molar-refractivity contribution in [1.82, 2.24) is 31.9 Å². The number of hydrogen-bond acceptors (Lipinski definition) is 18. The number of nitrogens with one attached hydrogen (secondary N) is 6. The van der Waals surface area contributed by atoms with Gasteiger partial charge in [-0.1, -0.05) is 92.6 Å². The van der Waals surface area contributed by atoms with Crippen molar-refractivity contribution >= 4 is 89.2 Å². The zero-order valence-electron chi connectivity index (χ0n) is 63.6. The lowest BCUT2D eigenvalue weighted by atomic mass is 10.0. The topological polar surface area (TPSA) is 342 Å². The third-order valence-electron chi connectivity index (χ3n) is 15.6. The Bertz CT molecular complexity index is 4000. The van der Waals surface area contributed by atoms with Gasteiger partial charge in [0.2, 0.25) is 17.7 Å². The lowest BCUT2D eigenvalue weighted by Crippen LogP contribution is -2.49. The van der Waals surface area contributed by atoms with Gasteiger partial charge in [0.15, 0.2) is 0 Å². The van der Waals surface area contributed by atoms with Gasteiger partial charge >= 0.3 is 36.2 Å². The van der Waals surface area contributed by atoms with Gasteiger partial charge in [-0.15, -0.1) is 35.3 Å². The van der Waals surface area contributed by atoms with Gasteiger partial charge in [-0.25, -0.2) is 28.8 Å². The largest absolute Gasteiger partial charge is 0.490 e. The maximum atomic E-state index is 14.1. The van der Waals surface area contributed by atoms with E-state index in [-0.39, 0.29) is 92.7 Å². The zero-order chi connectivity index (χ0) is 81.0. The number of thioether (sulfide) groups is 3. The monoisotopic (exact) mass is 1570 g/mol. The summed E-state index contributed by atoms with van der Waals surface area (Å²) in [6.45, 7) is 26.8. The molecular weight excluding hydrogens is 1480 g/mol. The fourth-order valence-electron chi connectivity index (χ4n) is 10.8. The van der Waals surface area contributed by atoms with Crippen LogP contribution in [0.3, 0.4) is 0 Å². The first-order valence-corrected chi connectivity index (χ1v) is 38.4. The minimum atomic E-state index is -1.22. The second kappa shape index (κ2) is 41.6. The van der Waals surface area contributed by atoms with E-state index in [4.69, 9.17) is 28.4 Å². The Hall–Kier alpha value is -11.2. The van der Waals surface area contributed by atoms with Crippen molar-refractivity contribution < 1.29 is 86.9 Å². The van der Waals surface area contributed by atoms with Gasteiger partial charge in [0, 0.05) is 70.8 Å². The average molecular weight is 1570 g/mol. The smallest absolute Gasteiger partial charge is 0.408 e. The first-order chi connectivity index (χ1) is 52.6. The van der Waals surface area contributed by atoms with Crippen LogP contribution in [0.1, 0.15) is 143 Å². The quantitative estimate of drug-likeness (QED) is 0.00982. The molecule has 27 heteroatoms. The fourth-order valence-corrected chi connectivity index (χ4v) is 13.7. The lowest BCUT2D eigenvalue weighted by Gasteiger charge is -2.23. The maximum Gasteiger partial charge on any atom is 0.408 e. The summed E-state index contributed by atoms with van der Waals surface area (Å²) < 4.78 is 33.4. The molecule has 0 fully saturated rings. The Kier molecular flexibility index (Phi) is 32.6. The van der Waals surface area contributed by atoms with Crippen LogP contribution >= 0.6 is 35.3 Å². The molecule has 0 radical (unpaired) electrons. The van der Waals surface area contributed by atoms with Gasteiger partial charge in [-0.2, -0.15) is 0 Å².